The van der Waals surface area contributed by atoms with Gasteiger partial charge in [-0.05, 0) is 37.6 Å². The van der Waals surface area contributed by atoms with E-state index in [0.29, 0.717) is 11.3 Å². The summed E-state index contributed by atoms with van der Waals surface area (Å²) in [6.45, 7) is 7.67. The molecule has 0 unspecified atom stereocenters. The maximum atomic E-state index is 12.0. The van der Waals surface area contributed by atoms with Crippen molar-refractivity contribution in [3.63, 3.8) is 0 Å². The van der Waals surface area contributed by atoms with Crippen LogP contribution in [0.15, 0.2) is 36.9 Å². The first kappa shape index (κ1) is 17.2. The van der Waals surface area contributed by atoms with Crippen molar-refractivity contribution in [2.24, 2.45) is 0 Å². The summed E-state index contributed by atoms with van der Waals surface area (Å²) in [5, 5.41) is 2.86. The highest BCUT2D eigenvalue weighted by Gasteiger charge is 2.16. The normalized spacial score (nSPS) is 12.5. The third-order valence-electron chi connectivity index (χ3n) is 3.10. The second kappa shape index (κ2) is 7.26. The zero-order valence-corrected chi connectivity index (χ0v) is 13.5. The Kier molecular flexibility index (Phi) is 5.96. The van der Waals surface area contributed by atoms with E-state index in [2.05, 4.69) is 11.9 Å². The molecule has 1 aromatic rings. The van der Waals surface area contributed by atoms with Gasteiger partial charge in [0.25, 0.3) is 5.91 Å². The van der Waals surface area contributed by atoms with Crippen molar-refractivity contribution in [1.82, 2.24) is 5.32 Å². The van der Waals surface area contributed by atoms with E-state index >= 15 is 0 Å². The lowest BCUT2D eigenvalue weighted by atomic mass is 10.1. The van der Waals surface area contributed by atoms with E-state index in [4.69, 9.17) is 0 Å². The molecule has 21 heavy (non-hydrogen) atoms. The SMILES string of the molecule is C=CCN(c1ccc(C(=O)N[C@H](C)CC)cc1)S(C)(=O)=O. The standard InChI is InChI=1S/C15H22N2O3S/c1-5-11-17(21(4,19)20)14-9-7-13(8-10-14)15(18)16-12(3)6-2/h5,7-10,12H,1,6,11H2,2-4H3,(H,16,18)/t12-/m1/s1. The Bertz CT molecular complexity index is 594. The first-order chi connectivity index (χ1) is 9.79. The Labute approximate surface area is 126 Å². The van der Waals surface area contributed by atoms with Crippen molar-refractivity contribution in [1.29, 1.82) is 0 Å². The van der Waals surface area contributed by atoms with Crippen LogP contribution in [-0.2, 0) is 10.0 Å². The number of sulfonamides is 1. The molecule has 0 radical (unpaired) electrons. The van der Waals surface area contributed by atoms with Crippen LogP contribution in [-0.4, -0.2) is 33.2 Å². The van der Waals surface area contributed by atoms with Gasteiger partial charge in [0.1, 0.15) is 0 Å². The average Bonchev–Trinajstić information content (AvgIpc) is 2.43. The minimum absolute atomic E-state index is 0.102. The molecule has 0 heterocycles. The summed E-state index contributed by atoms with van der Waals surface area (Å²) in [7, 11) is -3.37. The Morgan fingerprint density at radius 1 is 1.38 bits per heavy atom. The van der Waals surface area contributed by atoms with Crippen molar-refractivity contribution >= 4 is 21.6 Å². The van der Waals surface area contributed by atoms with E-state index in [1.54, 1.807) is 24.3 Å². The van der Waals surface area contributed by atoms with Crippen LogP contribution in [0.3, 0.4) is 0 Å². The number of nitrogens with zero attached hydrogens (tertiary/aromatic N) is 1. The third kappa shape index (κ3) is 4.90. The van der Waals surface area contributed by atoms with Crippen molar-refractivity contribution in [3.05, 3.63) is 42.5 Å². The molecule has 0 saturated heterocycles. The number of carbonyl (C=O) groups is 1. The lowest BCUT2D eigenvalue weighted by Crippen LogP contribution is -2.32. The molecule has 1 N–H and O–H groups in total. The number of hydrogen-bond donors (Lipinski definition) is 1. The molecule has 1 rings (SSSR count). The van der Waals surface area contributed by atoms with E-state index in [9.17, 15) is 13.2 Å². The molecule has 0 aromatic heterocycles. The molecule has 0 fully saturated rings. The molecular weight excluding hydrogens is 288 g/mol. The predicted molar refractivity (Wildman–Crippen MR) is 86.0 cm³/mol. The van der Waals surface area contributed by atoms with Crippen LogP contribution >= 0.6 is 0 Å². The summed E-state index contributed by atoms with van der Waals surface area (Å²) >= 11 is 0. The van der Waals surface area contributed by atoms with Crippen LogP contribution in [0.2, 0.25) is 0 Å². The minimum Gasteiger partial charge on any atom is -0.350 e. The highest BCUT2D eigenvalue weighted by molar-refractivity contribution is 7.92. The fourth-order valence-electron chi connectivity index (χ4n) is 1.74. The van der Waals surface area contributed by atoms with Gasteiger partial charge in [0.15, 0.2) is 0 Å². The number of benzene rings is 1. The van der Waals surface area contributed by atoms with Gasteiger partial charge in [-0.1, -0.05) is 13.0 Å². The quantitative estimate of drug-likeness (QED) is 0.785. The van der Waals surface area contributed by atoms with Gasteiger partial charge in [0, 0.05) is 11.6 Å². The number of nitrogens with one attached hydrogen (secondary N) is 1. The van der Waals surface area contributed by atoms with Crippen LogP contribution in [0.4, 0.5) is 5.69 Å². The number of carbonyl (C=O) groups excluding carboxylic acids is 1. The van der Waals surface area contributed by atoms with Gasteiger partial charge in [0.2, 0.25) is 10.0 Å². The number of rotatable bonds is 7. The zero-order valence-electron chi connectivity index (χ0n) is 12.7. The molecule has 0 saturated carbocycles. The van der Waals surface area contributed by atoms with Crippen molar-refractivity contribution in [3.8, 4) is 0 Å². The van der Waals surface area contributed by atoms with Gasteiger partial charge in [-0.15, -0.1) is 6.58 Å². The van der Waals surface area contributed by atoms with Crippen LogP contribution in [0.1, 0.15) is 30.6 Å². The first-order valence-electron chi connectivity index (χ1n) is 6.79. The van der Waals surface area contributed by atoms with Crippen molar-refractivity contribution in [2.45, 2.75) is 26.3 Å². The fourth-order valence-corrected chi connectivity index (χ4v) is 2.62. The number of hydrogen-bond acceptors (Lipinski definition) is 3. The predicted octanol–water partition coefficient (Wildman–Crippen LogP) is 2.17. The maximum Gasteiger partial charge on any atom is 0.251 e. The Hall–Kier alpha value is -1.82. The summed E-state index contributed by atoms with van der Waals surface area (Å²) in [6.07, 6.45) is 3.51. The Balaban J connectivity index is 2.95. The molecular formula is C15H22N2O3S. The van der Waals surface area contributed by atoms with Crippen LogP contribution in [0, 0.1) is 0 Å². The molecule has 0 bridgehead atoms. The zero-order chi connectivity index (χ0) is 16.0. The number of anilines is 1. The molecule has 5 nitrogen and oxygen atoms in total. The summed E-state index contributed by atoms with van der Waals surface area (Å²) < 4.78 is 24.7. The summed E-state index contributed by atoms with van der Waals surface area (Å²) in [5.41, 5.74) is 1.02. The van der Waals surface area contributed by atoms with Crippen molar-refractivity contribution < 1.29 is 13.2 Å². The van der Waals surface area contributed by atoms with E-state index in [1.165, 1.54) is 10.4 Å². The largest absolute Gasteiger partial charge is 0.350 e. The van der Waals surface area contributed by atoms with Gasteiger partial charge in [-0.3, -0.25) is 9.10 Å². The summed E-state index contributed by atoms with van der Waals surface area (Å²) in [6, 6.07) is 6.58. The highest BCUT2D eigenvalue weighted by atomic mass is 32.2. The monoisotopic (exact) mass is 310 g/mol. The van der Waals surface area contributed by atoms with E-state index in [-0.39, 0.29) is 18.5 Å². The molecule has 0 aliphatic rings. The second-order valence-corrected chi connectivity index (χ2v) is 6.82. The maximum absolute atomic E-state index is 12.0. The van der Waals surface area contributed by atoms with Crippen LogP contribution in [0.25, 0.3) is 0 Å². The average molecular weight is 310 g/mol. The summed E-state index contributed by atoms with van der Waals surface area (Å²) in [4.78, 5) is 12.0. The molecule has 1 aromatic carbocycles. The molecule has 1 atom stereocenters. The van der Waals surface area contributed by atoms with E-state index in [0.717, 1.165) is 12.7 Å². The smallest absolute Gasteiger partial charge is 0.251 e. The molecule has 6 heteroatoms. The van der Waals surface area contributed by atoms with Gasteiger partial charge in [0.05, 0.1) is 18.5 Å². The molecule has 0 spiro atoms. The van der Waals surface area contributed by atoms with Gasteiger partial charge >= 0.3 is 0 Å². The lowest BCUT2D eigenvalue weighted by Gasteiger charge is -2.21. The van der Waals surface area contributed by atoms with Gasteiger partial charge < -0.3 is 5.32 Å². The van der Waals surface area contributed by atoms with E-state index < -0.39 is 10.0 Å². The fraction of sp³-hybridized carbons (Fsp3) is 0.400. The lowest BCUT2D eigenvalue weighted by molar-refractivity contribution is 0.0939. The topological polar surface area (TPSA) is 66.5 Å². The Morgan fingerprint density at radius 3 is 2.38 bits per heavy atom. The number of amides is 1. The Morgan fingerprint density at radius 2 is 1.95 bits per heavy atom. The van der Waals surface area contributed by atoms with Crippen LogP contribution in [0.5, 0.6) is 0 Å². The third-order valence-corrected chi connectivity index (χ3v) is 4.26. The first-order valence-corrected chi connectivity index (χ1v) is 8.64. The minimum atomic E-state index is -3.37. The summed E-state index contributed by atoms with van der Waals surface area (Å²) in [5.74, 6) is -0.162. The molecule has 0 aliphatic heterocycles. The molecule has 1 amide bonds. The molecule has 116 valence electrons. The van der Waals surface area contributed by atoms with Crippen LogP contribution < -0.4 is 9.62 Å². The van der Waals surface area contributed by atoms with Gasteiger partial charge in [-0.2, -0.15) is 0 Å². The highest BCUT2D eigenvalue weighted by Crippen LogP contribution is 2.18. The molecule has 0 aliphatic carbocycles. The second-order valence-electron chi connectivity index (χ2n) is 4.91. The van der Waals surface area contributed by atoms with E-state index in [1.807, 2.05) is 13.8 Å². The van der Waals surface area contributed by atoms with Gasteiger partial charge in [-0.25, -0.2) is 8.42 Å². The van der Waals surface area contributed by atoms with Crippen molar-refractivity contribution in [2.75, 3.05) is 17.1 Å².